The van der Waals surface area contributed by atoms with Crippen LogP contribution in [0.25, 0.3) is 0 Å². The molecule has 17 heavy (non-hydrogen) atoms. The van der Waals surface area contributed by atoms with Crippen LogP contribution >= 0.6 is 0 Å². The van der Waals surface area contributed by atoms with Gasteiger partial charge < -0.3 is 14.6 Å². The third kappa shape index (κ3) is 1.67. The topological polar surface area (TPSA) is 45.5 Å². The summed E-state index contributed by atoms with van der Waals surface area (Å²) in [5.74, 6) is 0.478. The molecule has 1 N–H and O–H groups in total. The summed E-state index contributed by atoms with van der Waals surface area (Å²) in [5, 5.41) is 10.2. The first-order valence-corrected chi connectivity index (χ1v) is 6.31. The van der Waals surface area contributed by atoms with E-state index < -0.39 is 5.60 Å². The largest absolute Gasteiger partial charge is 0.386 e. The first-order valence-electron chi connectivity index (χ1n) is 6.31. The summed E-state index contributed by atoms with van der Waals surface area (Å²) in [5.41, 5.74) is 0.143. The zero-order valence-corrected chi connectivity index (χ0v) is 10.1. The Labute approximate surface area is 101 Å². The smallest absolute Gasteiger partial charge is 0.270 e. The summed E-state index contributed by atoms with van der Waals surface area (Å²) < 4.78 is 1.94. The Bertz CT molecular complexity index is 442. The number of likely N-dealkylation sites (tertiary alicyclic amines) is 1. The number of hydrogen-bond donors (Lipinski definition) is 1. The first-order chi connectivity index (χ1) is 8.14. The second-order valence-corrected chi connectivity index (χ2v) is 5.22. The number of aliphatic hydroxyl groups is 1. The van der Waals surface area contributed by atoms with E-state index in [4.69, 9.17) is 0 Å². The van der Waals surface area contributed by atoms with Crippen LogP contribution < -0.4 is 0 Å². The molecule has 4 nitrogen and oxygen atoms in total. The summed E-state index contributed by atoms with van der Waals surface area (Å²) in [6.07, 6.45) is 4.15. The molecule has 1 saturated carbocycles. The standard InChI is InChI=1S/C13H18N2O2/c1-2-14-7-3-4-11(14)12(16)15-8-13(17,9-15)10-5-6-10/h3-4,7,10,17H,2,5-6,8-9H2,1H3. The molecule has 0 bridgehead atoms. The van der Waals surface area contributed by atoms with Gasteiger partial charge in [0.25, 0.3) is 5.91 Å². The van der Waals surface area contributed by atoms with Crippen molar-refractivity contribution in [2.24, 2.45) is 5.92 Å². The number of aromatic nitrogens is 1. The van der Waals surface area contributed by atoms with Crippen molar-refractivity contribution in [3.05, 3.63) is 24.0 Å². The van der Waals surface area contributed by atoms with Crippen LogP contribution in [0.3, 0.4) is 0 Å². The molecule has 1 aromatic rings. The highest BCUT2D eigenvalue weighted by atomic mass is 16.3. The molecule has 2 heterocycles. The van der Waals surface area contributed by atoms with Crippen molar-refractivity contribution in [1.82, 2.24) is 9.47 Å². The van der Waals surface area contributed by atoms with E-state index in [1.807, 2.05) is 29.8 Å². The number of hydrogen-bond acceptors (Lipinski definition) is 2. The summed E-state index contributed by atoms with van der Waals surface area (Å²) in [4.78, 5) is 13.9. The molecule has 4 heteroatoms. The SMILES string of the molecule is CCn1cccc1C(=O)N1CC(O)(C2CC2)C1. The van der Waals surface area contributed by atoms with Gasteiger partial charge in [0.05, 0.1) is 13.1 Å². The van der Waals surface area contributed by atoms with Gasteiger partial charge in [-0.25, -0.2) is 0 Å². The van der Waals surface area contributed by atoms with Crippen LogP contribution in [0.4, 0.5) is 0 Å². The highest BCUT2D eigenvalue weighted by Crippen LogP contribution is 2.44. The number of aryl methyl sites for hydroxylation is 1. The summed E-state index contributed by atoms with van der Waals surface area (Å²) in [6.45, 7) is 3.83. The van der Waals surface area contributed by atoms with E-state index in [-0.39, 0.29) is 5.91 Å². The van der Waals surface area contributed by atoms with E-state index in [9.17, 15) is 9.90 Å². The van der Waals surface area contributed by atoms with Crippen molar-refractivity contribution in [2.45, 2.75) is 31.9 Å². The predicted molar refractivity (Wildman–Crippen MR) is 63.7 cm³/mol. The lowest BCUT2D eigenvalue weighted by Crippen LogP contribution is -2.64. The zero-order valence-electron chi connectivity index (χ0n) is 10.1. The van der Waals surface area contributed by atoms with E-state index in [2.05, 4.69) is 0 Å². The van der Waals surface area contributed by atoms with Crippen LogP contribution in [0, 0.1) is 5.92 Å². The monoisotopic (exact) mass is 234 g/mol. The minimum absolute atomic E-state index is 0.0437. The number of rotatable bonds is 3. The molecule has 1 aliphatic heterocycles. The van der Waals surface area contributed by atoms with Gasteiger partial charge in [-0.1, -0.05) is 0 Å². The number of carbonyl (C=O) groups is 1. The predicted octanol–water partition coefficient (Wildman–Crippen LogP) is 1.10. The van der Waals surface area contributed by atoms with Crippen molar-refractivity contribution < 1.29 is 9.90 Å². The van der Waals surface area contributed by atoms with E-state index in [1.54, 1.807) is 4.90 Å². The van der Waals surface area contributed by atoms with Crippen molar-refractivity contribution in [1.29, 1.82) is 0 Å². The van der Waals surface area contributed by atoms with Crippen LogP contribution in [0.5, 0.6) is 0 Å². The van der Waals surface area contributed by atoms with Crippen molar-refractivity contribution >= 4 is 5.91 Å². The lowest BCUT2D eigenvalue weighted by molar-refractivity contribution is -0.0960. The van der Waals surface area contributed by atoms with Gasteiger partial charge in [0.15, 0.2) is 0 Å². The van der Waals surface area contributed by atoms with Crippen LogP contribution in [-0.4, -0.2) is 39.2 Å². The van der Waals surface area contributed by atoms with E-state index in [0.29, 0.717) is 19.0 Å². The van der Waals surface area contributed by atoms with E-state index in [0.717, 1.165) is 25.1 Å². The second-order valence-electron chi connectivity index (χ2n) is 5.22. The van der Waals surface area contributed by atoms with E-state index in [1.165, 1.54) is 0 Å². The highest BCUT2D eigenvalue weighted by Gasteiger charge is 2.53. The molecule has 1 aromatic heterocycles. The Morgan fingerprint density at radius 1 is 1.53 bits per heavy atom. The van der Waals surface area contributed by atoms with Crippen molar-refractivity contribution in [3.63, 3.8) is 0 Å². The first kappa shape index (κ1) is 10.8. The molecule has 1 amide bonds. The molecule has 0 radical (unpaired) electrons. The fraction of sp³-hybridized carbons (Fsp3) is 0.615. The summed E-state index contributed by atoms with van der Waals surface area (Å²) in [6, 6.07) is 3.74. The average Bonchev–Trinajstić information content (AvgIpc) is 3.02. The van der Waals surface area contributed by atoms with Gasteiger partial charge in [0.2, 0.25) is 0 Å². The maximum absolute atomic E-state index is 12.2. The molecule has 1 saturated heterocycles. The molecule has 0 atom stereocenters. The normalized spacial score (nSPS) is 22.4. The Kier molecular flexibility index (Phi) is 2.30. The molecule has 3 rings (SSSR count). The maximum atomic E-state index is 12.2. The maximum Gasteiger partial charge on any atom is 0.270 e. The molecule has 2 fully saturated rings. The Morgan fingerprint density at radius 2 is 2.24 bits per heavy atom. The lowest BCUT2D eigenvalue weighted by atomic mass is 9.88. The second kappa shape index (κ2) is 3.60. The van der Waals surface area contributed by atoms with Crippen LogP contribution in [0.15, 0.2) is 18.3 Å². The van der Waals surface area contributed by atoms with Gasteiger partial charge in [0.1, 0.15) is 11.3 Å². The Morgan fingerprint density at radius 3 is 2.82 bits per heavy atom. The summed E-state index contributed by atoms with van der Waals surface area (Å²) >= 11 is 0. The minimum atomic E-state index is -0.584. The van der Waals surface area contributed by atoms with Crippen molar-refractivity contribution in [3.8, 4) is 0 Å². The van der Waals surface area contributed by atoms with Gasteiger partial charge in [-0.3, -0.25) is 4.79 Å². The summed E-state index contributed by atoms with van der Waals surface area (Å²) in [7, 11) is 0. The third-order valence-electron chi connectivity index (χ3n) is 3.94. The van der Waals surface area contributed by atoms with Gasteiger partial charge in [-0.15, -0.1) is 0 Å². The van der Waals surface area contributed by atoms with Gasteiger partial charge in [-0.2, -0.15) is 0 Å². The number of nitrogens with zero attached hydrogens (tertiary/aromatic N) is 2. The zero-order chi connectivity index (χ0) is 12.0. The van der Waals surface area contributed by atoms with Gasteiger partial charge in [-0.05, 0) is 37.8 Å². The fourth-order valence-electron chi connectivity index (χ4n) is 2.68. The fourth-order valence-corrected chi connectivity index (χ4v) is 2.68. The minimum Gasteiger partial charge on any atom is -0.386 e. The van der Waals surface area contributed by atoms with Gasteiger partial charge >= 0.3 is 0 Å². The molecule has 2 aliphatic rings. The molecule has 0 spiro atoms. The number of amides is 1. The van der Waals surface area contributed by atoms with E-state index >= 15 is 0 Å². The van der Waals surface area contributed by atoms with Gasteiger partial charge in [0, 0.05) is 12.7 Å². The average molecular weight is 234 g/mol. The molecule has 0 unspecified atom stereocenters. The van der Waals surface area contributed by atoms with Crippen LogP contribution in [-0.2, 0) is 6.54 Å². The highest BCUT2D eigenvalue weighted by molar-refractivity contribution is 5.93. The number of β-amino-alcohol motifs (C(OH)–C–C–N with tert-alkyl or cyclic N) is 1. The van der Waals surface area contributed by atoms with Crippen LogP contribution in [0.2, 0.25) is 0 Å². The van der Waals surface area contributed by atoms with Crippen molar-refractivity contribution in [2.75, 3.05) is 13.1 Å². The molecule has 0 aromatic carbocycles. The molecular weight excluding hydrogens is 216 g/mol. The molecular formula is C13H18N2O2. The van der Waals surface area contributed by atoms with Crippen LogP contribution in [0.1, 0.15) is 30.3 Å². The Balaban J connectivity index is 1.69. The quantitative estimate of drug-likeness (QED) is 0.851. The lowest BCUT2D eigenvalue weighted by Gasteiger charge is -2.46. The number of carbonyl (C=O) groups excluding carboxylic acids is 1. The Hall–Kier alpha value is -1.29. The molecule has 92 valence electrons. The molecule has 1 aliphatic carbocycles. The third-order valence-corrected chi connectivity index (χ3v) is 3.94.